The quantitative estimate of drug-likeness (QED) is 0.844. The van der Waals surface area contributed by atoms with E-state index in [1.165, 1.54) is 7.11 Å². The first-order valence-electron chi connectivity index (χ1n) is 7.11. The zero-order valence-corrected chi connectivity index (χ0v) is 11.7. The molecule has 0 aromatic heterocycles. The van der Waals surface area contributed by atoms with Crippen molar-refractivity contribution in [1.82, 2.24) is 4.90 Å². The van der Waals surface area contributed by atoms with Gasteiger partial charge in [0.15, 0.2) is 0 Å². The molecule has 2 bridgehead atoms. The van der Waals surface area contributed by atoms with E-state index in [-0.39, 0.29) is 24.5 Å². The molecule has 0 saturated carbocycles. The number of ketones is 1. The van der Waals surface area contributed by atoms with Crippen LogP contribution in [0.1, 0.15) is 45.4 Å². The lowest BCUT2D eigenvalue weighted by Crippen LogP contribution is -2.62. The summed E-state index contributed by atoms with van der Waals surface area (Å²) in [4.78, 5) is 26.0. The van der Waals surface area contributed by atoms with E-state index >= 15 is 0 Å². The van der Waals surface area contributed by atoms with Crippen LogP contribution in [0.15, 0.2) is 0 Å². The predicted octanol–water partition coefficient (Wildman–Crippen LogP) is 1.73. The van der Waals surface area contributed by atoms with Crippen molar-refractivity contribution in [2.45, 2.75) is 57.0 Å². The Morgan fingerprint density at radius 1 is 1.58 bits per heavy atom. The Hall–Kier alpha value is -1.10. The number of unbranched alkanes of at least 4 members (excludes halogenated alkanes) is 1. The Kier molecular flexibility index (Phi) is 4.13. The molecule has 108 valence electrons. The van der Waals surface area contributed by atoms with Crippen molar-refractivity contribution < 1.29 is 19.4 Å². The number of methoxy groups -OCH3 is 1. The molecule has 2 fully saturated rings. The third-order valence-corrected chi connectivity index (χ3v) is 4.75. The lowest BCUT2D eigenvalue weighted by molar-refractivity contribution is -0.136. The molecule has 5 heteroatoms. The number of rotatable bonds is 4. The van der Waals surface area contributed by atoms with Crippen LogP contribution in [0, 0.1) is 5.92 Å². The van der Waals surface area contributed by atoms with E-state index < -0.39 is 11.5 Å². The highest BCUT2D eigenvalue weighted by Gasteiger charge is 2.59. The third-order valence-electron chi connectivity index (χ3n) is 4.75. The van der Waals surface area contributed by atoms with Gasteiger partial charge in [0.25, 0.3) is 0 Å². The fourth-order valence-electron chi connectivity index (χ4n) is 3.84. The number of fused-ring (bicyclic) bond motifs is 2. The van der Waals surface area contributed by atoms with Crippen LogP contribution in [0.25, 0.3) is 0 Å². The van der Waals surface area contributed by atoms with Gasteiger partial charge in [-0.05, 0) is 19.3 Å². The molecule has 2 heterocycles. The molecule has 3 atom stereocenters. The largest absolute Gasteiger partial charge is 0.453 e. The molecule has 1 N–H and O–H groups in total. The topological polar surface area (TPSA) is 66.8 Å². The maximum Gasteiger partial charge on any atom is 0.410 e. The van der Waals surface area contributed by atoms with E-state index in [0.717, 1.165) is 32.1 Å². The van der Waals surface area contributed by atoms with Crippen molar-refractivity contribution in [2.24, 2.45) is 5.92 Å². The number of carbonyl (C=O) groups is 2. The van der Waals surface area contributed by atoms with E-state index in [4.69, 9.17) is 4.74 Å². The van der Waals surface area contributed by atoms with Gasteiger partial charge in [-0.15, -0.1) is 0 Å². The highest BCUT2D eigenvalue weighted by atomic mass is 16.5. The SMILES string of the molecule is CCCC[C@@]12CC[C@@H](CC(=O)[C@@H]1CO)N2C(=O)OC. The average molecular weight is 269 g/mol. The summed E-state index contributed by atoms with van der Waals surface area (Å²) >= 11 is 0. The van der Waals surface area contributed by atoms with Crippen LogP contribution in [0.4, 0.5) is 4.79 Å². The number of carbonyl (C=O) groups excluding carboxylic acids is 2. The number of aliphatic hydroxyl groups excluding tert-OH is 1. The number of aliphatic hydroxyl groups is 1. The van der Waals surface area contributed by atoms with E-state index in [1.807, 2.05) is 0 Å². The Labute approximate surface area is 113 Å². The Morgan fingerprint density at radius 3 is 2.89 bits per heavy atom. The molecular weight excluding hydrogens is 246 g/mol. The molecule has 0 unspecified atom stereocenters. The average Bonchev–Trinajstić information content (AvgIpc) is 2.69. The molecule has 0 aromatic rings. The standard InChI is InChI=1S/C14H23NO4/c1-3-4-6-14-7-5-10(15(14)13(18)19-2)8-12(17)11(14)9-16/h10-11,16H,3-9H2,1-2H3/t10-,11-,14+/m0/s1. The summed E-state index contributed by atoms with van der Waals surface area (Å²) in [6.07, 6.45) is 4.35. The minimum atomic E-state index is -0.516. The molecule has 0 aromatic carbocycles. The van der Waals surface area contributed by atoms with Crippen LogP contribution < -0.4 is 0 Å². The van der Waals surface area contributed by atoms with Gasteiger partial charge in [0.1, 0.15) is 5.78 Å². The van der Waals surface area contributed by atoms with Crippen molar-refractivity contribution >= 4 is 11.9 Å². The molecule has 5 nitrogen and oxygen atoms in total. The van der Waals surface area contributed by atoms with Crippen LogP contribution in [-0.2, 0) is 9.53 Å². The second kappa shape index (κ2) is 5.49. The number of nitrogens with zero attached hydrogens (tertiary/aromatic N) is 1. The van der Waals surface area contributed by atoms with Crippen molar-refractivity contribution in [3.05, 3.63) is 0 Å². The maximum absolute atomic E-state index is 12.2. The van der Waals surface area contributed by atoms with Gasteiger partial charge in [-0.1, -0.05) is 19.8 Å². The van der Waals surface area contributed by atoms with Gasteiger partial charge in [-0.2, -0.15) is 0 Å². The van der Waals surface area contributed by atoms with Gasteiger partial charge in [0.05, 0.1) is 25.2 Å². The molecule has 1 amide bonds. The Bertz CT molecular complexity index is 370. The second-order valence-electron chi connectivity index (χ2n) is 5.65. The molecule has 19 heavy (non-hydrogen) atoms. The second-order valence-corrected chi connectivity index (χ2v) is 5.65. The molecule has 0 aliphatic carbocycles. The fraction of sp³-hybridized carbons (Fsp3) is 0.857. The minimum Gasteiger partial charge on any atom is -0.453 e. The van der Waals surface area contributed by atoms with Gasteiger partial charge < -0.3 is 9.84 Å². The highest BCUT2D eigenvalue weighted by molar-refractivity contribution is 5.87. The fourth-order valence-corrected chi connectivity index (χ4v) is 3.84. The van der Waals surface area contributed by atoms with E-state index in [0.29, 0.717) is 6.42 Å². The van der Waals surface area contributed by atoms with Gasteiger partial charge in [-0.3, -0.25) is 9.69 Å². The van der Waals surface area contributed by atoms with E-state index in [9.17, 15) is 14.7 Å². The van der Waals surface area contributed by atoms with Gasteiger partial charge >= 0.3 is 6.09 Å². The van der Waals surface area contributed by atoms with Crippen LogP contribution in [0.5, 0.6) is 0 Å². The van der Waals surface area contributed by atoms with Gasteiger partial charge in [0, 0.05) is 12.5 Å². The molecule has 2 rings (SSSR count). The first-order chi connectivity index (χ1) is 9.10. The number of amides is 1. The van der Waals surface area contributed by atoms with Crippen LogP contribution in [-0.4, -0.2) is 47.2 Å². The Morgan fingerprint density at radius 2 is 2.32 bits per heavy atom. The van der Waals surface area contributed by atoms with Crippen LogP contribution in [0.2, 0.25) is 0 Å². The maximum atomic E-state index is 12.2. The summed E-state index contributed by atoms with van der Waals surface area (Å²) in [6, 6.07) is -0.0420. The van der Waals surface area contributed by atoms with Gasteiger partial charge in [0.2, 0.25) is 0 Å². The summed E-state index contributed by atoms with van der Waals surface area (Å²) in [7, 11) is 1.37. The lowest BCUT2D eigenvalue weighted by Gasteiger charge is -2.48. The first kappa shape index (κ1) is 14.3. The zero-order valence-electron chi connectivity index (χ0n) is 11.7. The zero-order chi connectivity index (χ0) is 14.0. The van der Waals surface area contributed by atoms with Crippen LogP contribution in [0.3, 0.4) is 0 Å². The molecule has 2 aliphatic heterocycles. The van der Waals surface area contributed by atoms with Gasteiger partial charge in [-0.25, -0.2) is 4.79 Å². The Balaban J connectivity index is 2.36. The molecule has 2 saturated heterocycles. The number of ether oxygens (including phenoxy) is 1. The summed E-state index contributed by atoms with van der Waals surface area (Å²) in [5, 5.41) is 9.62. The van der Waals surface area contributed by atoms with Crippen molar-refractivity contribution in [1.29, 1.82) is 0 Å². The predicted molar refractivity (Wildman–Crippen MR) is 69.7 cm³/mol. The minimum absolute atomic E-state index is 0.0420. The molecule has 0 spiro atoms. The van der Waals surface area contributed by atoms with E-state index in [1.54, 1.807) is 4.90 Å². The highest BCUT2D eigenvalue weighted by Crippen LogP contribution is 2.49. The summed E-state index contributed by atoms with van der Waals surface area (Å²) in [6.45, 7) is 1.91. The van der Waals surface area contributed by atoms with Crippen molar-refractivity contribution in [2.75, 3.05) is 13.7 Å². The molecule has 0 radical (unpaired) electrons. The van der Waals surface area contributed by atoms with Crippen LogP contribution >= 0.6 is 0 Å². The lowest BCUT2D eigenvalue weighted by atomic mass is 9.74. The summed E-state index contributed by atoms with van der Waals surface area (Å²) in [5.41, 5.74) is -0.516. The third kappa shape index (κ3) is 2.14. The molecule has 2 aliphatic rings. The van der Waals surface area contributed by atoms with E-state index in [2.05, 4.69) is 6.92 Å². The van der Waals surface area contributed by atoms with Crippen molar-refractivity contribution in [3.63, 3.8) is 0 Å². The number of hydrogen-bond acceptors (Lipinski definition) is 4. The summed E-state index contributed by atoms with van der Waals surface area (Å²) < 4.78 is 4.90. The summed E-state index contributed by atoms with van der Waals surface area (Å²) in [5.74, 6) is -0.349. The first-order valence-corrected chi connectivity index (χ1v) is 7.11. The smallest absolute Gasteiger partial charge is 0.410 e. The van der Waals surface area contributed by atoms with Crippen molar-refractivity contribution in [3.8, 4) is 0 Å². The number of hydrogen-bond donors (Lipinski definition) is 1. The molecular formula is C14H23NO4. The number of Topliss-reactive ketones (excluding diaryl/α,β-unsaturated/α-hetero) is 1. The normalized spacial score (nSPS) is 33.6. The monoisotopic (exact) mass is 269 g/mol. The number of piperidine rings is 1.